The average Bonchev–Trinajstić information content (AvgIpc) is 3.40. The van der Waals surface area contributed by atoms with Crippen LogP contribution in [0.5, 0.6) is 0 Å². The Hall–Kier alpha value is -3.09. The first-order valence-electron chi connectivity index (χ1n) is 10.8. The second-order valence-electron chi connectivity index (χ2n) is 7.86. The molecule has 0 atom stereocenters. The quantitative estimate of drug-likeness (QED) is 0.350. The molecule has 0 fully saturated rings. The van der Waals surface area contributed by atoms with Crippen molar-refractivity contribution in [2.75, 3.05) is 13.2 Å². The van der Waals surface area contributed by atoms with Crippen molar-refractivity contribution in [1.82, 2.24) is 9.88 Å². The zero-order valence-corrected chi connectivity index (χ0v) is 18.2. The van der Waals surface area contributed by atoms with Gasteiger partial charge in [0.2, 0.25) is 5.78 Å². The summed E-state index contributed by atoms with van der Waals surface area (Å²) in [4.78, 5) is 36.3. The van der Waals surface area contributed by atoms with Crippen molar-refractivity contribution in [2.45, 2.75) is 58.9 Å². The van der Waals surface area contributed by atoms with Gasteiger partial charge in [0.05, 0.1) is 12.7 Å². The number of carbonyl (C=O) groups excluding carboxylic acids is 3. The maximum Gasteiger partial charge on any atom is 0.308 e. The van der Waals surface area contributed by atoms with Crippen LogP contribution in [0.4, 0.5) is 0 Å². The van der Waals surface area contributed by atoms with Gasteiger partial charge in [0, 0.05) is 30.0 Å². The Balaban J connectivity index is 1.44. The summed E-state index contributed by atoms with van der Waals surface area (Å²) in [6, 6.07) is 5.01. The lowest BCUT2D eigenvalue weighted by Crippen LogP contribution is -2.26. The highest BCUT2D eigenvalue weighted by atomic mass is 16.5. The minimum atomic E-state index is -0.536. The zero-order valence-electron chi connectivity index (χ0n) is 18.2. The van der Waals surface area contributed by atoms with Crippen LogP contribution in [0.3, 0.4) is 0 Å². The summed E-state index contributed by atoms with van der Waals surface area (Å²) in [5, 5.41) is 2.57. The van der Waals surface area contributed by atoms with Crippen LogP contribution in [0.25, 0.3) is 0 Å². The van der Waals surface area contributed by atoms with Crippen molar-refractivity contribution in [3.8, 4) is 0 Å². The molecule has 7 heteroatoms. The van der Waals surface area contributed by atoms with Crippen molar-refractivity contribution in [2.24, 2.45) is 0 Å². The van der Waals surface area contributed by atoms with E-state index < -0.39 is 11.9 Å². The molecule has 31 heavy (non-hydrogen) atoms. The fourth-order valence-corrected chi connectivity index (χ4v) is 3.88. The number of hydrogen-bond acceptors (Lipinski definition) is 5. The molecule has 0 bridgehead atoms. The Morgan fingerprint density at radius 3 is 2.77 bits per heavy atom. The Kier molecular flexibility index (Phi) is 7.87. The van der Waals surface area contributed by atoms with Crippen LogP contribution in [-0.2, 0) is 16.1 Å². The SMILES string of the molecule is Cc1cc(C(=O)COC(=O)CCNC(=O)c2ccco2)c(C)n1CCC1=CCCCC1. The fourth-order valence-electron chi connectivity index (χ4n) is 3.88. The summed E-state index contributed by atoms with van der Waals surface area (Å²) in [7, 11) is 0. The minimum absolute atomic E-state index is 0.0200. The van der Waals surface area contributed by atoms with E-state index in [1.165, 1.54) is 43.6 Å². The van der Waals surface area contributed by atoms with Crippen LogP contribution in [0.2, 0.25) is 0 Å². The van der Waals surface area contributed by atoms with E-state index >= 15 is 0 Å². The first-order valence-corrected chi connectivity index (χ1v) is 10.8. The second-order valence-corrected chi connectivity index (χ2v) is 7.86. The molecule has 0 unspecified atom stereocenters. The van der Waals surface area contributed by atoms with Gasteiger partial charge in [0.25, 0.3) is 5.91 Å². The van der Waals surface area contributed by atoms with Gasteiger partial charge < -0.3 is 19.0 Å². The number of hydrogen-bond donors (Lipinski definition) is 1. The number of ether oxygens (including phenoxy) is 1. The van der Waals surface area contributed by atoms with E-state index in [9.17, 15) is 14.4 Å². The van der Waals surface area contributed by atoms with Crippen molar-refractivity contribution in [3.05, 3.63) is 58.8 Å². The Morgan fingerprint density at radius 2 is 2.06 bits per heavy atom. The molecule has 7 nitrogen and oxygen atoms in total. The third-order valence-corrected chi connectivity index (χ3v) is 5.64. The van der Waals surface area contributed by atoms with E-state index in [0.29, 0.717) is 5.56 Å². The third kappa shape index (κ3) is 6.20. The van der Waals surface area contributed by atoms with Gasteiger partial charge in [-0.15, -0.1) is 0 Å². The number of nitrogens with one attached hydrogen (secondary N) is 1. The fraction of sp³-hybridized carbons (Fsp3) is 0.458. The van der Waals surface area contributed by atoms with Gasteiger partial charge in [0.15, 0.2) is 12.4 Å². The maximum absolute atomic E-state index is 12.6. The summed E-state index contributed by atoms with van der Waals surface area (Å²) in [6.45, 7) is 4.58. The average molecular weight is 427 g/mol. The largest absolute Gasteiger partial charge is 0.459 e. The lowest BCUT2D eigenvalue weighted by atomic mass is 9.97. The van der Waals surface area contributed by atoms with Gasteiger partial charge in [-0.05, 0) is 64.2 Å². The van der Waals surface area contributed by atoms with Gasteiger partial charge >= 0.3 is 5.97 Å². The first kappa shape index (κ1) is 22.6. The van der Waals surface area contributed by atoms with E-state index in [1.54, 1.807) is 6.07 Å². The number of rotatable bonds is 10. The molecule has 0 radical (unpaired) electrons. The number of allylic oxidation sites excluding steroid dienone is 2. The molecule has 3 rings (SSSR count). The molecule has 0 saturated heterocycles. The molecule has 2 aromatic heterocycles. The summed E-state index contributed by atoms with van der Waals surface area (Å²) >= 11 is 0. The molecule has 0 saturated carbocycles. The second kappa shape index (κ2) is 10.8. The smallest absolute Gasteiger partial charge is 0.308 e. The number of aromatic nitrogens is 1. The highest BCUT2D eigenvalue weighted by Gasteiger charge is 2.18. The number of ketones is 1. The zero-order chi connectivity index (χ0) is 22.2. The number of esters is 1. The Bertz CT molecular complexity index is 953. The van der Waals surface area contributed by atoms with Crippen LogP contribution in [0.15, 0.2) is 40.5 Å². The molecule has 0 aromatic carbocycles. The van der Waals surface area contributed by atoms with Gasteiger partial charge in [-0.1, -0.05) is 11.6 Å². The number of furan rings is 1. The molecular weight excluding hydrogens is 396 g/mol. The maximum atomic E-state index is 12.6. The van der Waals surface area contributed by atoms with Gasteiger partial charge in [-0.2, -0.15) is 0 Å². The predicted octanol–water partition coefficient (Wildman–Crippen LogP) is 4.13. The van der Waals surface area contributed by atoms with Crippen LogP contribution < -0.4 is 5.32 Å². The standard InChI is InChI=1S/C24H30N2O5/c1-17-15-20(18(2)26(17)13-11-19-7-4-3-5-8-19)21(27)16-31-23(28)10-12-25-24(29)22-9-6-14-30-22/h6-7,9,14-15H,3-5,8,10-13,16H2,1-2H3,(H,25,29). The van der Waals surface area contributed by atoms with E-state index in [0.717, 1.165) is 24.4 Å². The molecule has 1 aliphatic rings. The number of aryl methyl sites for hydroxylation is 1. The molecule has 166 valence electrons. The van der Waals surface area contributed by atoms with E-state index in [2.05, 4.69) is 16.0 Å². The van der Waals surface area contributed by atoms with Crippen LogP contribution in [0, 0.1) is 13.8 Å². The van der Waals surface area contributed by atoms with Crippen molar-refractivity contribution >= 4 is 17.7 Å². The highest BCUT2D eigenvalue weighted by Crippen LogP contribution is 2.23. The third-order valence-electron chi connectivity index (χ3n) is 5.64. The molecule has 1 amide bonds. The summed E-state index contributed by atoms with van der Waals surface area (Å²) in [5.41, 5.74) is 4.03. The lowest BCUT2D eigenvalue weighted by Gasteiger charge is -2.15. The number of nitrogens with zero attached hydrogens (tertiary/aromatic N) is 1. The van der Waals surface area contributed by atoms with Gasteiger partial charge in [-0.25, -0.2) is 0 Å². The number of carbonyl (C=O) groups is 3. The molecule has 2 aromatic rings. The van der Waals surface area contributed by atoms with Crippen LogP contribution in [0.1, 0.15) is 70.8 Å². The van der Waals surface area contributed by atoms with E-state index in [1.807, 2.05) is 19.9 Å². The first-order chi connectivity index (χ1) is 15.0. The molecule has 1 aliphatic carbocycles. The predicted molar refractivity (Wildman–Crippen MR) is 116 cm³/mol. The Labute approximate surface area is 182 Å². The topological polar surface area (TPSA) is 90.5 Å². The van der Waals surface area contributed by atoms with Gasteiger partial charge in [-0.3, -0.25) is 14.4 Å². The monoisotopic (exact) mass is 426 g/mol. The summed E-state index contributed by atoms with van der Waals surface area (Å²) in [6.07, 6.45) is 9.61. The van der Waals surface area contributed by atoms with Crippen LogP contribution >= 0.6 is 0 Å². The van der Waals surface area contributed by atoms with Crippen molar-refractivity contribution < 1.29 is 23.5 Å². The molecule has 2 heterocycles. The summed E-state index contributed by atoms with van der Waals surface area (Å²) < 4.78 is 12.2. The van der Waals surface area contributed by atoms with Gasteiger partial charge in [0.1, 0.15) is 0 Å². The van der Waals surface area contributed by atoms with E-state index in [-0.39, 0.29) is 31.1 Å². The summed E-state index contributed by atoms with van der Waals surface area (Å²) in [5.74, 6) is -0.973. The number of amides is 1. The lowest BCUT2D eigenvalue weighted by molar-refractivity contribution is -0.142. The molecule has 0 spiro atoms. The normalized spacial score (nSPS) is 13.5. The Morgan fingerprint density at radius 1 is 1.23 bits per heavy atom. The van der Waals surface area contributed by atoms with Crippen LogP contribution in [-0.4, -0.2) is 35.4 Å². The molecule has 1 N–H and O–H groups in total. The van der Waals surface area contributed by atoms with E-state index in [4.69, 9.17) is 9.15 Å². The van der Waals surface area contributed by atoms with Crippen molar-refractivity contribution in [3.63, 3.8) is 0 Å². The molecular formula is C24H30N2O5. The number of Topliss-reactive ketones (excluding diaryl/α,β-unsaturated/α-hetero) is 1. The van der Waals surface area contributed by atoms with Crippen molar-refractivity contribution in [1.29, 1.82) is 0 Å². The highest BCUT2D eigenvalue weighted by molar-refractivity contribution is 5.99. The minimum Gasteiger partial charge on any atom is -0.459 e. The molecule has 0 aliphatic heterocycles.